The fraction of sp³-hybridized carbons (Fsp3) is 0.435. The number of fused-ring (bicyclic) bond motifs is 1. The van der Waals surface area contributed by atoms with Crippen molar-refractivity contribution in [3.05, 3.63) is 50.7 Å². The molecule has 0 aliphatic carbocycles. The third kappa shape index (κ3) is 5.26. The quantitative estimate of drug-likeness (QED) is 0.516. The normalized spacial score (nSPS) is 15.2. The number of nitrogens with one attached hydrogen (secondary N) is 1. The molecule has 2 aromatic heterocycles. The molecule has 3 heterocycles. The first-order chi connectivity index (χ1) is 17.0. The van der Waals surface area contributed by atoms with Crippen LogP contribution in [0.25, 0.3) is 10.9 Å². The Hall–Kier alpha value is -3.31. The Balaban J connectivity index is 1.70. The maximum Gasteiger partial charge on any atom is 0.410 e. The summed E-state index contributed by atoms with van der Waals surface area (Å²) in [5.74, 6) is 0.877. The number of piperazine rings is 1. The first kappa shape index (κ1) is 25.8. The van der Waals surface area contributed by atoms with E-state index in [1.807, 2.05) is 32.7 Å². The number of ether oxygens (including phenoxy) is 1. The number of rotatable bonds is 4. The lowest BCUT2D eigenvalue weighted by molar-refractivity contribution is 0.0231. The minimum absolute atomic E-state index is 0.135. The lowest BCUT2D eigenvalue weighted by Gasteiger charge is -2.38. The number of nitrogens with two attached hydrogens (primary N) is 1. The highest BCUT2D eigenvalue weighted by molar-refractivity contribution is 6.35. The highest BCUT2D eigenvalue weighted by Gasteiger charge is 2.29. The first-order valence-electron chi connectivity index (χ1n) is 11.4. The maximum absolute atomic E-state index is 13.7. The number of hydrogen-bond acceptors (Lipinski definition) is 9. The van der Waals surface area contributed by atoms with Crippen LogP contribution in [-0.4, -0.2) is 62.4 Å². The maximum atomic E-state index is 13.7. The molecule has 0 radical (unpaired) electrons. The van der Waals surface area contributed by atoms with Crippen LogP contribution in [0.2, 0.25) is 10.0 Å². The SMILES string of the molecule is C[C@H](Nc1ncnc(N)c1Cl)c1nc2cccc(Cl)c2c(=O)n1N1CCN(C(=O)OC(C)(C)C)CC1. The Morgan fingerprint density at radius 2 is 1.86 bits per heavy atom. The second-order valence-corrected chi connectivity index (χ2v) is 10.2. The van der Waals surface area contributed by atoms with Crippen LogP contribution >= 0.6 is 23.2 Å². The van der Waals surface area contributed by atoms with Gasteiger partial charge < -0.3 is 25.7 Å². The van der Waals surface area contributed by atoms with Gasteiger partial charge in [-0.3, -0.25) is 4.79 Å². The van der Waals surface area contributed by atoms with E-state index >= 15 is 0 Å². The molecule has 11 nitrogen and oxygen atoms in total. The Morgan fingerprint density at radius 1 is 1.17 bits per heavy atom. The molecule has 192 valence electrons. The number of nitrogen functional groups attached to an aromatic ring is 1. The fourth-order valence-electron chi connectivity index (χ4n) is 3.91. The molecule has 1 saturated heterocycles. The van der Waals surface area contributed by atoms with Crippen molar-refractivity contribution in [2.75, 3.05) is 42.2 Å². The van der Waals surface area contributed by atoms with Crippen LogP contribution in [-0.2, 0) is 4.74 Å². The predicted molar refractivity (Wildman–Crippen MR) is 140 cm³/mol. The summed E-state index contributed by atoms with van der Waals surface area (Å²) in [6.45, 7) is 8.82. The first-order valence-corrected chi connectivity index (χ1v) is 12.2. The van der Waals surface area contributed by atoms with Crippen LogP contribution in [0.4, 0.5) is 16.4 Å². The summed E-state index contributed by atoms with van der Waals surface area (Å²) in [7, 11) is 0. The number of hydrogen-bond donors (Lipinski definition) is 2. The standard InChI is InChI=1S/C23H28Cl2N8O3/c1-13(29-19-17(25)18(26)27-12-28-19)20-30-15-7-5-6-14(24)16(15)21(34)33(20)32-10-8-31(9-11-32)22(35)36-23(2,3)4/h5-7,12-13H,8-11H2,1-4H3,(H3,26,27,28,29)/t13-/m0/s1. The van der Waals surface area contributed by atoms with Crippen LogP contribution in [0, 0.1) is 0 Å². The number of carbonyl (C=O) groups excluding carboxylic acids is 1. The molecule has 0 bridgehead atoms. The van der Waals surface area contributed by atoms with Gasteiger partial charge in [0, 0.05) is 13.1 Å². The average molecular weight is 535 g/mol. The van der Waals surface area contributed by atoms with E-state index in [4.69, 9.17) is 38.7 Å². The number of anilines is 2. The van der Waals surface area contributed by atoms with Crippen LogP contribution in [0.15, 0.2) is 29.3 Å². The van der Waals surface area contributed by atoms with Gasteiger partial charge in [-0.1, -0.05) is 29.3 Å². The largest absolute Gasteiger partial charge is 0.444 e. The Kier molecular flexibility index (Phi) is 7.14. The molecule has 1 atom stereocenters. The van der Waals surface area contributed by atoms with Crippen molar-refractivity contribution < 1.29 is 9.53 Å². The summed E-state index contributed by atoms with van der Waals surface area (Å²) in [4.78, 5) is 40.7. The van der Waals surface area contributed by atoms with Gasteiger partial charge in [-0.25, -0.2) is 24.4 Å². The van der Waals surface area contributed by atoms with Crippen molar-refractivity contribution in [3.63, 3.8) is 0 Å². The Labute approximate surface area is 218 Å². The average Bonchev–Trinajstić information content (AvgIpc) is 2.81. The van der Waals surface area contributed by atoms with Crippen LogP contribution in [0.5, 0.6) is 0 Å². The smallest absolute Gasteiger partial charge is 0.410 e. The summed E-state index contributed by atoms with van der Waals surface area (Å²) in [5, 5.41) is 5.82. The van der Waals surface area contributed by atoms with Crippen molar-refractivity contribution in [1.29, 1.82) is 0 Å². The van der Waals surface area contributed by atoms with Gasteiger partial charge in [0.2, 0.25) is 0 Å². The van der Waals surface area contributed by atoms with Gasteiger partial charge in [0.05, 0.1) is 35.1 Å². The summed E-state index contributed by atoms with van der Waals surface area (Å²) in [6, 6.07) is 4.63. The molecule has 36 heavy (non-hydrogen) atoms. The fourth-order valence-corrected chi connectivity index (χ4v) is 4.31. The van der Waals surface area contributed by atoms with E-state index in [-0.39, 0.29) is 22.5 Å². The van der Waals surface area contributed by atoms with Crippen molar-refractivity contribution in [3.8, 4) is 0 Å². The molecule has 1 aliphatic rings. The number of nitrogens with zero attached hydrogens (tertiary/aromatic N) is 6. The zero-order chi connectivity index (χ0) is 26.2. The molecule has 13 heteroatoms. The second-order valence-electron chi connectivity index (χ2n) is 9.43. The Bertz CT molecular complexity index is 1350. The van der Waals surface area contributed by atoms with Crippen molar-refractivity contribution in [1.82, 2.24) is 24.5 Å². The zero-order valence-electron chi connectivity index (χ0n) is 20.5. The number of aromatic nitrogens is 4. The molecule has 0 saturated carbocycles. The topological polar surface area (TPSA) is 131 Å². The van der Waals surface area contributed by atoms with Gasteiger partial charge in [0.25, 0.3) is 5.56 Å². The van der Waals surface area contributed by atoms with E-state index in [0.29, 0.717) is 53.7 Å². The highest BCUT2D eigenvalue weighted by Crippen LogP contribution is 2.28. The van der Waals surface area contributed by atoms with Crippen molar-refractivity contribution >= 4 is 51.8 Å². The molecule has 3 N–H and O–H groups in total. The van der Waals surface area contributed by atoms with Crippen molar-refractivity contribution in [2.45, 2.75) is 39.3 Å². The summed E-state index contributed by atoms with van der Waals surface area (Å²) < 4.78 is 7.00. The van der Waals surface area contributed by atoms with Crippen LogP contribution in [0.3, 0.4) is 0 Å². The molecular weight excluding hydrogens is 507 g/mol. The third-order valence-corrected chi connectivity index (χ3v) is 6.29. The highest BCUT2D eigenvalue weighted by atomic mass is 35.5. The molecular formula is C23H28Cl2N8O3. The van der Waals surface area contributed by atoms with E-state index in [0.717, 1.165) is 0 Å². The minimum atomic E-state index is -0.593. The van der Waals surface area contributed by atoms with Gasteiger partial charge in [-0.15, -0.1) is 0 Å². The van der Waals surface area contributed by atoms with Gasteiger partial charge >= 0.3 is 6.09 Å². The monoisotopic (exact) mass is 534 g/mol. The summed E-state index contributed by atoms with van der Waals surface area (Å²) in [6.07, 6.45) is 0.910. The molecule has 1 aromatic carbocycles. The molecule has 1 amide bonds. The Morgan fingerprint density at radius 3 is 2.53 bits per heavy atom. The lowest BCUT2D eigenvalue weighted by atomic mass is 10.2. The third-order valence-electron chi connectivity index (χ3n) is 5.60. The van der Waals surface area contributed by atoms with E-state index < -0.39 is 11.6 Å². The second kappa shape index (κ2) is 9.98. The lowest BCUT2D eigenvalue weighted by Crippen LogP contribution is -2.57. The number of halogens is 2. The van der Waals surface area contributed by atoms with Gasteiger partial charge in [0.15, 0.2) is 11.6 Å². The molecule has 0 unspecified atom stereocenters. The minimum Gasteiger partial charge on any atom is -0.444 e. The van der Waals surface area contributed by atoms with E-state index in [1.165, 1.54) is 11.0 Å². The van der Waals surface area contributed by atoms with Gasteiger partial charge in [-0.05, 0) is 39.8 Å². The molecule has 1 fully saturated rings. The number of amides is 1. The summed E-state index contributed by atoms with van der Waals surface area (Å²) in [5.41, 5.74) is 5.37. The number of carbonyl (C=O) groups is 1. The van der Waals surface area contributed by atoms with E-state index in [9.17, 15) is 9.59 Å². The summed E-state index contributed by atoms with van der Waals surface area (Å²) >= 11 is 12.7. The van der Waals surface area contributed by atoms with Gasteiger partial charge in [0.1, 0.15) is 22.8 Å². The molecule has 1 aliphatic heterocycles. The zero-order valence-corrected chi connectivity index (χ0v) is 22.0. The van der Waals surface area contributed by atoms with Crippen LogP contribution in [0.1, 0.15) is 39.6 Å². The van der Waals surface area contributed by atoms with Gasteiger partial charge in [-0.2, -0.15) is 0 Å². The molecule has 3 aromatic rings. The number of benzene rings is 1. The molecule has 0 spiro atoms. The predicted octanol–water partition coefficient (Wildman–Crippen LogP) is 3.44. The van der Waals surface area contributed by atoms with E-state index in [2.05, 4.69) is 15.3 Å². The van der Waals surface area contributed by atoms with Crippen LogP contribution < -0.4 is 21.6 Å². The molecule has 4 rings (SSSR count). The van der Waals surface area contributed by atoms with E-state index in [1.54, 1.807) is 23.1 Å². The van der Waals surface area contributed by atoms with Crippen molar-refractivity contribution in [2.24, 2.45) is 0 Å².